The van der Waals surface area contributed by atoms with Gasteiger partial charge in [0.05, 0.1) is 7.11 Å². The Morgan fingerprint density at radius 1 is 1.21 bits per heavy atom. The van der Waals surface area contributed by atoms with Gasteiger partial charge in [-0.3, -0.25) is 4.79 Å². The SMILES string of the molecule is COc1cccc(-c2noc(C3CCCCN3C(=O)c3ccc(Cl)cc3)n2)c1. The van der Waals surface area contributed by atoms with Crippen LogP contribution in [-0.4, -0.2) is 34.6 Å². The molecule has 1 aliphatic heterocycles. The number of rotatable bonds is 4. The van der Waals surface area contributed by atoms with Crippen molar-refractivity contribution in [2.24, 2.45) is 0 Å². The fourth-order valence-corrected chi connectivity index (χ4v) is 3.57. The molecule has 28 heavy (non-hydrogen) atoms. The van der Waals surface area contributed by atoms with Gasteiger partial charge in [-0.05, 0) is 55.7 Å². The molecule has 0 N–H and O–H groups in total. The number of ether oxygens (including phenoxy) is 1. The van der Waals surface area contributed by atoms with Gasteiger partial charge in [0, 0.05) is 22.7 Å². The van der Waals surface area contributed by atoms with Crippen molar-refractivity contribution in [2.75, 3.05) is 13.7 Å². The van der Waals surface area contributed by atoms with Crippen molar-refractivity contribution in [1.82, 2.24) is 15.0 Å². The summed E-state index contributed by atoms with van der Waals surface area (Å²) in [6, 6.07) is 14.2. The second-order valence-corrected chi connectivity index (χ2v) is 7.14. The molecule has 1 unspecified atom stereocenters. The summed E-state index contributed by atoms with van der Waals surface area (Å²) in [7, 11) is 1.61. The second kappa shape index (κ2) is 8.02. The van der Waals surface area contributed by atoms with Crippen LogP contribution in [-0.2, 0) is 0 Å². The van der Waals surface area contributed by atoms with E-state index in [2.05, 4.69) is 10.1 Å². The van der Waals surface area contributed by atoms with E-state index in [1.807, 2.05) is 29.2 Å². The summed E-state index contributed by atoms with van der Waals surface area (Å²) in [4.78, 5) is 19.4. The zero-order chi connectivity index (χ0) is 19.5. The molecule has 6 nitrogen and oxygen atoms in total. The maximum atomic E-state index is 13.0. The Balaban J connectivity index is 1.60. The van der Waals surface area contributed by atoms with Gasteiger partial charge in [-0.15, -0.1) is 0 Å². The van der Waals surface area contributed by atoms with E-state index in [1.165, 1.54) is 0 Å². The van der Waals surface area contributed by atoms with Crippen molar-refractivity contribution in [3.05, 3.63) is 65.0 Å². The Morgan fingerprint density at radius 3 is 2.82 bits per heavy atom. The first-order chi connectivity index (χ1) is 13.7. The molecule has 1 atom stereocenters. The second-order valence-electron chi connectivity index (χ2n) is 6.71. The molecule has 3 aromatic rings. The molecule has 2 aromatic carbocycles. The molecule has 0 radical (unpaired) electrons. The van der Waals surface area contributed by atoms with Crippen LogP contribution in [0.1, 0.15) is 41.6 Å². The van der Waals surface area contributed by atoms with Crippen LogP contribution in [0.3, 0.4) is 0 Å². The van der Waals surface area contributed by atoms with E-state index in [9.17, 15) is 4.79 Å². The molecule has 0 spiro atoms. The predicted octanol–water partition coefficient (Wildman–Crippen LogP) is 4.77. The zero-order valence-electron chi connectivity index (χ0n) is 15.5. The Bertz CT molecular complexity index is 971. The third-order valence-corrected chi connectivity index (χ3v) is 5.16. The van der Waals surface area contributed by atoms with Crippen molar-refractivity contribution < 1.29 is 14.1 Å². The minimum absolute atomic E-state index is 0.0532. The topological polar surface area (TPSA) is 68.5 Å². The standard InChI is InChI=1S/C21H20ClN3O3/c1-27-17-6-4-5-15(13-17)19-23-20(28-24-19)18-7-2-3-12-25(18)21(26)14-8-10-16(22)11-9-14/h4-6,8-11,13,18H,2-3,7,12H2,1H3. The molecule has 0 bridgehead atoms. The summed E-state index contributed by atoms with van der Waals surface area (Å²) in [5.74, 6) is 1.61. The van der Waals surface area contributed by atoms with Gasteiger partial charge in [0.2, 0.25) is 11.7 Å². The Hall–Kier alpha value is -2.86. The van der Waals surface area contributed by atoms with Crippen LogP contribution < -0.4 is 4.74 Å². The average Bonchev–Trinajstić information content (AvgIpc) is 3.24. The lowest BCUT2D eigenvalue weighted by molar-refractivity contribution is 0.0561. The fourth-order valence-electron chi connectivity index (χ4n) is 3.44. The lowest BCUT2D eigenvalue weighted by atomic mass is 10.0. The highest BCUT2D eigenvalue weighted by Gasteiger charge is 2.32. The molecule has 7 heteroatoms. The van der Waals surface area contributed by atoms with E-state index in [0.717, 1.165) is 30.6 Å². The number of nitrogens with zero attached hydrogens (tertiary/aromatic N) is 3. The normalized spacial score (nSPS) is 16.8. The summed E-state index contributed by atoms with van der Waals surface area (Å²) in [5, 5.41) is 4.72. The number of likely N-dealkylation sites (tertiary alicyclic amines) is 1. The van der Waals surface area contributed by atoms with Gasteiger partial charge in [-0.2, -0.15) is 4.98 Å². The van der Waals surface area contributed by atoms with Gasteiger partial charge in [-0.25, -0.2) is 0 Å². The molecule has 144 valence electrons. The fraction of sp³-hybridized carbons (Fsp3) is 0.286. The minimum atomic E-state index is -0.233. The summed E-state index contributed by atoms with van der Waals surface area (Å²) >= 11 is 5.94. The molecule has 1 saturated heterocycles. The lowest BCUT2D eigenvalue weighted by Crippen LogP contribution is -2.38. The van der Waals surface area contributed by atoms with Gasteiger partial charge in [0.25, 0.3) is 5.91 Å². The van der Waals surface area contributed by atoms with Gasteiger partial charge < -0.3 is 14.2 Å². The molecule has 1 aromatic heterocycles. The number of piperidine rings is 1. The van der Waals surface area contributed by atoms with E-state index >= 15 is 0 Å². The van der Waals surface area contributed by atoms with Crippen LogP contribution >= 0.6 is 11.6 Å². The maximum Gasteiger partial charge on any atom is 0.254 e. The van der Waals surface area contributed by atoms with E-state index in [0.29, 0.717) is 28.8 Å². The van der Waals surface area contributed by atoms with Crippen molar-refractivity contribution in [1.29, 1.82) is 0 Å². The molecule has 1 amide bonds. The summed E-state index contributed by atoms with van der Waals surface area (Å²) < 4.78 is 10.8. The quantitative estimate of drug-likeness (QED) is 0.634. The molecular weight excluding hydrogens is 378 g/mol. The van der Waals surface area contributed by atoms with Crippen molar-refractivity contribution >= 4 is 17.5 Å². The van der Waals surface area contributed by atoms with E-state index in [1.54, 1.807) is 31.4 Å². The summed E-state index contributed by atoms with van der Waals surface area (Å²) in [6.07, 6.45) is 2.75. The Kier molecular flexibility index (Phi) is 5.30. The van der Waals surface area contributed by atoms with Crippen LogP contribution in [0, 0.1) is 0 Å². The molecule has 1 aliphatic rings. The van der Waals surface area contributed by atoms with Crippen molar-refractivity contribution in [3.63, 3.8) is 0 Å². The molecule has 0 saturated carbocycles. The first kappa shape index (κ1) is 18.5. The Labute approximate surface area is 168 Å². The van der Waals surface area contributed by atoms with Crippen LogP contribution in [0.2, 0.25) is 5.02 Å². The number of carbonyl (C=O) groups is 1. The minimum Gasteiger partial charge on any atom is -0.497 e. The lowest BCUT2D eigenvalue weighted by Gasteiger charge is -2.33. The number of halogens is 1. The van der Waals surface area contributed by atoms with Gasteiger partial charge in [0.1, 0.15) is 11.8 Å². The first-order valence-corrected chi connectivity index (χ1v) is 9.58. The Morgan fingerprint density at radius 2 is 2.04 bits per heavy atom. The third-order valence-electron chi connectivity index (χ3n) is 4.91. The predicted molar refractivity (Wildman–Crippen MR) is 105 cm³/mol. The molecule has 4 rings (SSSR count). The van der Waals surface area contributed by atoms with Gasteiger partial charge in [-0.1, -0.05) is 28.9 Å². The zero-order valence-corrected chi connectivity index (χ0v) is 16.2. The van der Waals surface area contributed by atoms with Gasteiger partial charge >= 0.3 is 0 Å². The summed E-state index contributed by atoms with van der Waals surface area (Å²) in [5.41, 5.74) is 1.41. The molecule has 0 aliphatic carbocycles. The number of hydrogen-bond acceptors (Lipinski definition) is 5. The summed E-state index contributed by atoms with van der Waals surface area (Å²) in [6.45, 7) is 0.656. The first-order valence-electron chi connectivity index (χ1n) is 9.20. The smallest absolute Gasteiger partial charge is 0.254 e. The van der Waals surface area contributed by atoms with E-state index in [4.69, 9.17) is 20.9 Å². The van der Waals surface area contributed by atoms with Crippen molar-refractivity contribution in [3.8, 4) is 17.1 Å². The molecule has 1 fully saturated rings. The largest absolute Gasteiger partial charge is 0.497 e. The highest BCUT2D eigenvalue weighted by atomic mass is 35.5. The average molecular weight is 398 g/mol. The number of amides is 1. The highest BCUT2D eigenvalue weighted by Crippen LogP contribution is 2.33. The molecule has 2 heterocycles. The van der Waals surface area contributed by atoms with Crippen LogP contribution in [0.15, 0.2) is 53.1 Å². The monoisotopic (exact) mass is 397 g/mol. The van der Waals surface area contributed by atoms with Gasteiger partial charge in [0.15, 0.2) is 0 Å². The van der Waals surface area contributed by atoms with Crippen LogP contribution in [0.4, 0.5) is 0 Å². The van der Waals surface area contributed by atoms with E-state index < -0.39 is 0 Å². The highest BCUT2D eigenvalue weighted by molar-refractivity contribution is 6.30. The maximum absolute atomic E-state index is 13.0. The van der Waals surface area contributed by atoms with Crippen molar-refractivity contribution in [2.45, 2.75) is 25.3 Å². The third kappa shape index (κ3) is 3.73. The van der Waals surface area contributed by atoms with Crippen LogP contribution in [0.25, 0.3) is 11.4 Å². The number of benzene rings is 2. The number of methoxy groups -OCH3 is 1. The van der Waals surface area contributed by atoms with Crippen LogP contribution in [0.5, 0.6) is 5.75 Å². The number of aromatic nitrogens is 2. The number of carbonyl (C=O) groups excluding carboxylic acids is 1. The van der Waals surface area contributed by atoms with E-state index in [-0.39, 0.29) is 11.9 Å². The number of hydrogen-bond donors (Lipinski definition) is 0. The molecular formula is C21H20ClN3O3.